The number of hydrogen-bond acceptors (Lipinski definition) is 5. The molecule has 0 aliphatic carbocycles. The summed E-state index contributed by atoms with van der Waals surface area (Å²) in [6, 6.07) is 11.7. The van der Waals surface area contributed by atoms with Gasteiger partial charge in [0.1, 0.15) is 11.6 Å². The van der Waals surface area contributed by atoms with Crippen molar-refractivity contribution in [3.8, 4) is 17.2 Å². The van der Waals surface area contributed by atoms with Gasteiger partial charge in [0.2, 0.25) is 5.91 Å². The quantitative estimate of drug-likeness (QED) is 0.664. The molecule has 1 aliphatic heterocycles. The summed E-state index contributed by atoms with van der Waals surface area (Å²) in [5.41, 5.74) is 3.21. The molecule has 3 aromatic rings. The molecule has 2 aromatic carbocycles. The number of hydrogen-bond donors (Lipinski definition) is 1. The highest BCUT2D eigenvalue weighted by molar-refractivity contribution is 8.01. The van der Waals surface area contributed by atoms with Gasteiger partial charge < -0.3 is 14.8 Å². The van der Waals surface area contributed by atoms with Gasteiger partial charge in [0, 0.05) is 11.1 Å². The van der Waals surface area contributed by atoms with Crippen molar-refractivity contribution in [1.82, 2.24) is 9.78 Å². The van der Waals surface area contributed by atoms with E-state index in [4.69, 9.17) is 9.47 Å². The lowest BCUT2D eigenvalue weighted by atomic mass is 10.0. The number of fused-ring (bicyclic) bond motifs is 1. The zero-order valence-corrected chi connectivity index (χ0v) is 17.9. The number of carbonyl (C=O) groups excluding carboxylic acids is 1. The maximum Gasteiger partial charge on any atom is 0.238 e. The lowest BCUT2D eigenvalue weighted by Crippen LogP contribution is -2.22. The number of aromatic nitrogens is 2. The zero-order chi connectivity index (χ0) is 21.4. The third kappa shape index (κ3) is 3.41. The Bertz CT molecular complexity index is 1100. The van der Waals surface area contributed by atoms with Gasteiger partial charge in [-0.3, -0.25) is 4.79 Å². The van der Waals surface area contributed by atoms with Gasteiger partial charge in [-0.25, -0.2) is 9.07 Å². The number of anilines is 1. The molecule has 156 valence electrons. The molecule has 1 amide bonds. The molecule has 0 saturated heterocycles. The van der Waals surface area contributed by atoms with Crippen LogP contribution in [0.4, 0.5) is 10.2 Å². The van der Waals surface area contributed by atoms with Crippen molar-refractivity contribution in [1.29, 1.82) is 0 Å². The number of halogens is 1. The van der Waals surface area contributed by atoms with Crippen molar-refractivity contribution in [2.75, 3.05) is 19.5 Å². The minimum absolute atomic E-state index is 0.117. The van der Waals surface area contributed by atoms with Crippen molar-refractivity contribution in [3.05, 3.63) is 65.1 Å². The van der Waals surface area contributed by atoms with Gasteiger partial charge in [0.15, 0.2) is 11.5 Å². The van der Waals surface area contributed by atoms with E-state index in [1.54, 1.807) is 31.0 Å². The molecule has 0 saturated carbocycles. The van der Waals surface area contributed by atoms with Crippen molar-refractivity contribution in [3.63, 3.8) is 0 Å². The number of benzene rings is 2. The molecule has 0 fully saturated rings. The van der Waals surface area contributed by atoms with Gasteiger partial charge in [0.05, 0.1) is 36.1 Å². The predicted molar refractivity (Wildman–Crippen MR) is 115 cm³/mol. The Hall–Kier alpha value is -3.00. The summed E-state index contributed by atoms with van der Waals surface area (Å²) in [4.78, 5) is 12.8. The summed E-state index contributed by atoms with van der Waals surface area (Å²) in [5, 5.41) is 7.16. The fourth-order valence-electron chi connectivity index (χ4n) is 3.64. The first-order valence-corrected chi connectivity index (χ1v) is 10.4. The Morgan fingerprint density at radius 2 is 1.87 bits per heavy atom. The molecule has 0 radical (unpaired) electrons. The highest BCUT2D eigenvalue weighted by Crippen LogP contribution is 2.50. The molecule has 2 heterocycles. The number of nitrogens with one attached hydrogen (secondary N) is 1. The van der Waals surface area contributed by atoms with Crippen LogP contribution in [0.25, 0.3) is 5.69 Å². The van der Waals surface area contributed by atoms with Crippen LogP contribution in [-0.4, -0.2) is 35.2 Å². The van der Waals surface area contributed by atoms with Crippen LogP contribution in [0.1, 0.15) is 29.0 Å². The molecule has 1 N–H and O–H groups in total. The molecule has 4 rings (SSSR count). The second-order valence-electron chi connectivity index (χ2n) is 6.97. The maximum absolute atomic E-state index is 13.4. The van der Waals surface area contributed by atoms with Crippen LogP contribution in [-0.2, 0) is 4.79 Å². The second-order valence-corrected chi connectivity index (χ2v) is 8.42. The van der Waals surface area contributed by atoms with Crippen molar-refractivity contribution in [2.45, 2.75) is 24.3 Å². The standard InChI is InChI=1S/C22H22FN3O3S/c1-12-18-20(16-6-5-7-17(28-3)19(16)29-4)30-13(2)22(27)24-21(18)26(25-12)15-10-8-14(23)9-11-15/h5-11,13,20H,1-4H3,(H,24,27)/t13-,20-/m0/s1. The molecule has 6 nitrogen and oxygen atoms in total. The average molecular weight is 428 g/mol. The maximum atomic E-state index is 13.4. The van der Waals surface area contributed by atoms with E-state index in [0.29, 0.717) is 23.0 Å². The van der Waals surface area contributed by atoms with Crippen LogP contribution in [0.3, 0.4) is 0 Å². The number of methoxy groups -OCH3 is 2. The van der Waals surface area contributed by atoms with E-state index in [2.05, 4.69) is 10.4 Å². The number of amides is 1. The van der Waals surface area contributed by atoms with E-state index >= 15 is 0 Å². The van der Waals surface area contributed by atoms with E-state index in [1.807, 2.05) is 32.0 Å². The Morgan fingerprint density at radius 1 is 1.13 bits per heavy atom. The summed E-state index contributed by atoms with van der Waals surface area (Å²) in [6.45, 7) is 3.78. The van der Waals surface area contributed by atoms with E-state index < -0.39 is 0 Å². The first kappa shape index (κ1) is 20.3. The SMILES string of the molecule is COc1cccc([C@@H]2S[C@@H](C)C(=O)Nc3c2c(C)nn3-c2ccc(F)cc2)c1OC. The minimum atomic E-state index is -0.332. The van der Waals surface area contributed by atoms with Gasteiger partial charge in [-0.15, -0.1) is 11.8 Å². The largest absolute Gasteiger partial charge is 0.493 e. The van der Waals surface area contributed by atoms with E-state index in [1.165, 1.54) is 23.9 Å². The molecule has 8 heteroatoms. The molecule has 0 spiro atoms. The average Bonchev–Trinajstić information content (AvgIpc) is 2.99. The number of rotatable bonds is 4. The Morgan fingerprint density at radius 3 is 2.53 bits per heavy atom. The summed E-state index contributed by atoms with van der Waals surface area (Å²) >= 11 is 1.52. The number of para-hydroxylation sites is 1. The Balaban J connectivity index is 1.94. The van der Waals surface area contributed by atoms with Crippen LogP contribution in [0.5, 0.6) is 11.5 Å². The highest BCUT2D eigenvalue weighted by atomic mass is 32.2. The van der Waals surface area contributed by atoms with Gasteiger partial charge in [-0.1, -0.05) is 12.1 Å². The summed E-state index contributed by atoms with van der Waals surface area (Å²) in [5.74, 6) is 1.38. The number of carbonyl (C=O) groups is 1. The normalized spacial score (nSPS) is 18.4. The van der Waals surface area contributed by atoms with Gasteiger partial charge in [0.25, 0.3) is 0 Å². The van der Waals surface area contributed by atoms with Gasteiger partial charge >= 0.3 is 0 Å². The summed E-state index contributed by atoms with van der Waals surface area (Å²) in [6.07, 6.45) is 0. The molecule has 0 bridgehead atoms. The smallest absolute Gasteiger partial charge is 0.238 e. The fraction of sp³-hybridized carbons (Fsp3) is 0.273. The molecular formula is C22H22FN3O3S. The van der Waals surface area contributed by atoms with Crippen LogP contribution in [0.2, 0.25) is 0 Å². The third-order valence-electron chi connectivity index (χ3n) is 5.11. The van der Waals surface area contributed by atoms with Crippen molar-refractivity contribution >= 4 is 23.5 Å². The molecule has 2 atom stereocenters. The lowest BCUT2D eigenvalue weighted by Gasteiger charge is -2.21. The molecule has 0 unspecified atom stereocenters. The van der Waals surface area contributed by atoms with E-state index in [0.717, 1.165) is 16.8 Å². The number of nitrogens with zero attached hydrogens (tertiary/aromatic N) is 2. The zero-order valence-electron chi connectivity index (χ0n) is 17.1. The summed E-state index contributed by atoms with van der Waals surface area (Å²) < 4.78 is 26.2. The Labute approximate surface area is 178 Å². The highest BCUT2D eigenvalue weighted by Gasteiger charge is 2.35. The Kier molecular flexibility index (Phi) is 5.42. The number of thioether (sulfide) groups is 1. The molecular weight excluding hydrogens is 405 g/mol. The molecule has 1 aromatic heterocycles. The van der Waals surface area contributed by atoms with Crippen LogP contribution < -0.4 is 14.8 Å². The second kappa shape index (κ2) is 8.02. The van der Waals surface area contributed by atoms with Gasteiger partial charge in [-0.2, -0.15) is 5.10 Å². The fourth-order valence-corrected chi connectivity index (χ4v) is 4.98. The summed E-state index contributed by atoms with van der Waals surface area (Å²) in [7, 11) is 3.20. The van der Waals surface area contributed by atoms with Crippen LogP contribution in [0, 0.1) is 12.7 Å². The first-order valence-electron chi connectivity index (χ1n) is 9.47. The minimum Gasteiger partial charge on any atom is -0.493 e. The number of aryl methyl sites for hydroxylation is 1. The predicted octanol–water partition coefficient (Wildman–Crippen LogP) is 4.50. The number of ether oxygens (including phenoxy) is 2. The van der Waals surface area contributed by atoms with Crippen LogP contribution >= 0.6 is 11.8 Å². The first-order chi connectivity index (χ1) is 14.4. The molecule has 1 aliphatic rings. The lowest BCUT2D eigenvalue weighted by molar-refractivity contribution is -0.115. The van der Waals surface area contributed by atoms with Crippen molar-refractivity contribution < 1.29 is 18.7 Å². The molecule has 30 heavy (non-hydrogen) atoms. The van der Waals surface area contributed by atoms with Gasteiger partial charge in [-0.05, 0) is 44.2 Å². The monoisotopic (exact) mass is 427 g/mol. The third-order valence-corrected chi connectivity index (χ3v) is 6.49. The van der Waals surface area contributed by atoms with E-state index in [-0.39, 0.29) is 22.2 Å². The topological polar surface area (TPSA) is 65.4 Å². The van der Waals surface area contributed by atoms with Crippen molar-refractivity contribution in [2.24, 2.45) is 0 Å². The van der Waals surface area contributed by atoms with Crippen LogP contribution in [0.15, 0.2) is 42.5 Å². The van der Waals surface area contributed by atoms with E-state index in [9.17, 15) is 9.18 Å².